The van der Waals surface area contributed by atoms with Gasteiger partial charge in [0.15, 0.2) is 0 Å². The van der Waals surface area contributed by atoms with Crippen molar-refractivity contribution in [2.24, 2.45) is 52.3 Å². The minimum absolute atomic E-state index is 0.651. The summed E-state index contributed by atoms with van der Waals surface area (Å²) >= 11 is 0. The van der Waals surface area contributed by atoms with Crippen LogP contribution in [-0.4, -0.2) is 13.1 Å². The van der Waals surface area contributed by atoms with Crippen LogP contribution >= 0.6 is 0 Å². The van der Waals surface area contributed by atoms with E-state index in [4.69, 9.17) is 0 Å². The quantitative estimate of drug-likeness (QED) is 0.481. The molecule has 4 aliphatic carbocycles. The molecule has 1 heteroatoms. The van der Waals surface area contributed by atoms with Gasteiger partial charge in [0.2, 0.25) is 0 Å². The van der Waals surface area contributed by atoms with E-state index in [1.54, 1.807) is 19.3 Å². The third-order valence-electron chi connectivity index (χ3n) is 11.3. The van der Waals surface area contributed by atoms with Crippen LogP contribution in [-0.2, 0) is 0 Å². The number of nitrogens with one attached hydrogen (secondary N) is 1. The van der Waals surface area contributed by atoms with Gasteiger partial charge in [-0.2, -0.15) is 0 Å². The Morgan fingerprint density at radius 1 is 0.828 bits per heavy atom. The molecule has 1 unspecified atom stereocenters. The van der Waals surface area contributed by atoms with Crippen molar-refractivity contribution in [2.75, 3.05) is 7.05 Å². The van der Waals surface area contributed by atoms with E-state index in [9.17, 15) is 0 Å². The molecule has 9 atom stereocenters. The van der Waals surface area contributed by atoms with E-state index in [-0.39, 0.29) is 0 Å². The highest BCUT2D eigenvalue weighted by atomic mass is 14.9. The Morgan fingerprint density at radius 3 is 2.28 bits per heavy atom. The summed E-state index contributed by atoms with van der Waals surface area (Å²) in [5.74, 6) is 6.94. The first-order valence-corrected chi connectivity index (χ1v) is 13.5. The van der Waals surface area contributed by atoms with Crippen molar-refractivity contribution in [3.05, 3.63) is 0 Å². The Hall–Kier alpha value is -0.0400. The van der Waals surface area contributed by atoms with E-state index in [0.717, 1.165) is 47.5 Å². The van der Waals surface area contributed by atoms with Crippen LogP contribution in [0, 0.1) is 52.3 Å². The minimum atomic E-state index is 0.651. The second kappa shape index (κ2) is 8.48. The Kier molecular flexibility index (Phi) is 6.48. The lowest BCUT2D eigenvalue weighted by molar-refractivity contribution is -0.117. The van der Waals surface area contributed by atoms with Crippen molar-refractivity contribution in [3.63, 3.8) is 0 Å². The second-order valence-corrected chi connectivity index (χ2v) is 12.9. The number of hydrogen-bond donors (Lipinski definition) is 1. The summed E-state index contributed by atoms with van der Waals surface area (Å²) in [5.41, 5.74) is 1.31. The lowest BCUT2D eigenvalue weighted by Gasteiger charge is -2.61. The second-order valence-electron chi connectivity index (χ2n) is 12.9. The van der Waals surface area contributed by atoms with Gasteiger partial charge in [-0.3, -0.25) is 0 Å². The summed E-state index contributed by atoms with van der Waals surface area (Å²) in [6.07, 6.45) is 18.0. The molecule has 4 rings (SSSR count). The van der Waals surface area contributed by atoms with Crippen LogP contribution < -0.4 is 5.32 Å². The van der Waals surface area contributed by atoms with Gasteiger partial charge in [0.1, 0.15) is 0 Å². The van der Waals surface area contributed by atoms with Crippen molar-refractivity contribution in [2.45, 2.75) is 118 Å². The Bertz CT molecular complexity index is 555. The maximum absolute atomic E-state index is 3.61. The molecule has 0 radical (unpaired) electrons. The van der Waals surface area contributed by atoms with E-state index >= 15 is 0 Å². The molecule has 168 valence electrons. The van der Waals surface area contributed by atoms with Gasteiger partial charge in [0.05, 0.1) is 0 Å². The molecular weight excluding hydrogens is 350 g/mol. The fourth-order valence-electron chi connectivity index (χ4n) is 9.54. The summed E-state index contributed by atoms with van der Waals surface area (Å²) in [6.45, 7) is 12.9. The van der Waals surface area contributed by atoms with Crippen LogP contribution in [0.3, 0.4) is 0 Å². The Morgan fingerprint density at radius 2 is 1.55 bits per heavy atom. The monoisotopic (exact) mass is 401 g/mol. The first kappa shape index (κ1) is 22.2. The van der Waals surface area contributed by atoms with Gasteiger partial charge in [-0.1, -0.05) is 53.9 Å². The number of fused-ring (bicyclic) bond motifs is 5. The molecule has 0 heterocycles. The van der Waals surface area contributed by atoms with Crippen molar-refractivity contribution in [1.82, 2.24) is 5.32 Å². The molecule has 0 aromatic rings. The summed E-state index contributed by atoms with van der Waals surface area (Å²) < 4.78 is 0. The third kappa shape index (κ3) is 3.85. The summed E-state index contributed by atoms with van der Waals surface area (Å²) in [5, 5.41) is 3.61. The molecule has 0 amide bonds. The van der Waals surface area contributed by atoms with Gasteiger partial charge in [0.25, 0.3) is 0 Å². The molecule has 0 aromatic heterocycles. The Labute approximate surface area is 182 Å². The van der Waals surface area contributed by atoms with Crippen molar-refractivity contribution in [1.29, 1.82) is 0 Å². The molecule has 1 nitrogen and oxygen atoms in total. The number of hydrogen-bond acceptors (Lipinski definition) is 1. The predicted molar refractivity (Wildman–Crippen MR) is 126 cm³/mol. The molecule has 0 spiro atoms. The smallest absolute Gasteiger partial charge is 0.00671 e. The molecule has 29 heavy (non-hydrogen) atoms. The van der Waals surface area contributed by atoms with Crippen LogP contribution in [0.5, 0.6) is 0 Å². The fraction of sp³-hybridized carbons (Fsp3) is 1.00. The van der Waals surface area contributed by atoms with Crippen molar-refractivity contribution >= 4 is 0 Å². The maximum atomic E-state index is 3.61. The molecule has 4 fully saturated rings. The molecule has 4 saturated carbocycles. The third-order valence-corrected chi connectivity index (χ3v) is 11.3. The van der Waals surface area contributed by atoms with Gasteiger partial charge < -0.3 is 5.32 Å². The predicted octanol–water partition coefficient (Wildman–Crippen LogP) is 7.70. The molecule has 1 N–H and O–H groups in total. The summed E-state index contributed by atoms with van der Waals surface area (Å²) in [4.78, 5) is 0. The van der Waals surface area contributed by atoms with Crippen LogP contribution in [0.25, 0.3) is 0 Å². The molecule has 0 aromatic carbocycles. The van der Waals surface area contributed by atoms with E-state index in [0.29, 0.717) is 10.8 Å². The summed E-state index contributed by atoms with van der Waals surface area (Å²) in [6, 6.07) is 0.793. The highest BCUT2D eigenvalue weighted by Crippen LogP contribution is 2.68. The average Bonchev–Trinajstić information content (AvgIpc) is 3.04. The first-order valence-electron chi connectivity index (χ1n) is 13.5. The van der Waals surface area contributed by atoms with Gasteiger partial charge in [-0.05, 0) is 117 Å². The molecule has 0 aliphatic heterocycles. The highest BCUT2D eigenvalue weighted by Gasteiger charge is 2.60. The number of rotatable bonds is 6. The van der Waals surface area contributed by atoms with Crippen LogP contribution in [0.2, 0.25) is 0 Å². The normalized spacial score (nSPS) is 48.1. The summed E-state index contributed by atoms with van der Waals surface area (Å²) in [7, 11) is 2.19. The Balaban J connectivity index is 1.45. The van der Waals surface area contributed by atoms with Gasteiger partial charge in [-0.15, -0.1) is 0 Å². The first-order chi connectivity index (χ1) is 13.8. The zero-order valence-corrected chi connectivity index (χ0v) is 20.6. The standard InChI is InChI=1S/C28H51N/c1-19(2)8-7-9-20(3)24-12-13-25-23-11-10-21-18-22(29-6)14-16-27(21,4)26(23)15-17-28(24,25)5/h19-26,29H,7-18H2,1-6H3/t20-,21?,22+,23+,24-,25+,26+,27+,28-/m1/s1. The van der Waals surface area contributed by atoms with Crippen molar-refractivity contribution < 1.29 is 0 Å². The van der Waals surface area contributed by atoms with E-state index in [1.165, 1.54) is 57.8 Å². The molecule has 0 bridgehead atoms. The van der Waals surface area contributed by atoms with E-state index < -0.39 is 0 Å². The van der Waals surface area contributed by atoms with Gasteiger partial charge >= 0.3 is 0 Å². The topological polar surface area (TPSA) is 12.0 Å². The van der Waals surface area contributed by atoms with Crippen LogP contribution in [0.1, 0.15) is 112 Å². The lowest BCUT2D eigenvalue weighted by atomic mass is 9.44. The molecular formula is C28H51N. The zero-order valence-electron chi connectivity index (χ0n) is 20.6. The molecule has 0 saturated heterocycles. The van der Waals surface area contributed by atoms with Gasteiger partial charge in [0, 0.05) is 6.04 Å². The zero-order chi connectivity index (χ0) is 20.8. The fourth-order valence-corrected chi connectivity index (χ4v) is 9.54. The van der Waals surface area contributed by atoms with Crippen molar-refractivity contribution in [3.8, 4) is 0 Å². The molecule has 4 aliphatic rings. The minimum Gasteiger partial charge on any atom is -0.317 e. The lowest BCUT2D eigenvalue weighted by Crippen LogP contribution is -2.55. The van der Waals surface area contributed by atoms with Crippen LogP contribution in [0.4, 0.5) is 0 Å². The highest BCUT2D eigenvalue weighted by molar-refractivity contribution is 5.10. The average molecular weight is 402 g/mol. The largest absolute Gasteiger partial charge is 0.317 e. The van der Waals surface area contributed by atoms with Gasteiger partial charge in [-0.25, -0.2) is 0 Å². The van der Waals surface area contributed by atoms with E-state index in [1.807, 2.05) is 0 Å². The van der Waals surface area contributed by atoms with E-state index in [2.05, 4.69) is 47.0 Å². The van der Waals surface area contributed by atoms with Crippen LogP contribution in [0.15, 0.2) is 0 Å². The SMILES string of the molecule is CN[C@H]1CC[C@@]2(C)C(CC[C@H]3[C@@H]4CC[C@H]([C@H](C)CCCC(C)C)[C@@]4(C)CC[C@@H]32)C1. The maximum Gasteiger partial charge on any atom is 0.00671 e.